The number of carboxylic acid groups (broad SMARTS) is 1. The fraction of sp³-hybridized carbons (Fsp3) is 0.467. The Morgan fingerprint density at radius 1 is 1.33 bits per heavy atom. The molecule has 0 fully saturated rings. The summed E-state index contributed by atoms with van der Waals surface area (Å²) in [6.45, 7) is 5.02. The van der Waals surface area contributed by atoms with Crippen molar-refractivity contribution in [1.29, 1.82) is 0 Å². The van der Waals surface area contributed by atoms with Gasteiger partial charge in [-0.2, -0.15) is 0 Å². The van der Waals surface area contributed by atoms with Crippen molar-refractivity contribution in [3.05, 3.63) is 29.3 Å². The first kappa shape index (κ1) is 17.5. The van der Waals surface area contributed by atoms with Crippen LogP contribution in [0, 0.1) is 5.92 Å². The normalized spacial score (nSPS) is 10.9. The van der Waals surface area contributed by atoms with Gasteiger partial charge in [-0.25, -0.2) is 0 Å². The van der Waals surface area contributed by atoms with Gasteiger partial charge in [-0.15, -0.1) is 0 Å². The van der Waals surface area contributed by atoms with Crippen LogP contribution in [0.5, 0.6) is 0 Å². The van der Waals surface area contributed by atoms with E-state index in [2.05, 4.69) is 5.32 Å². The maximum Gasteiger partial charge on any atom is 0.317 e. The largest absolute Gasteiger partial charge is 0.480 e. The number of hydrogen-bond donors (Lipinski definition) is 2. The molecule has 0 spiro atoms. The van der Waals surface area contributed by atoms with Crippen molar-refractivity contribution in [3.63, 3.8) is 0 Å². The van der Waals surface area contributed by atoms with Crippen molar-refractivity contribution in [1.82, 2.24) is 4.90 Å². The van der Waals surface area contributed by atoms with Gasteiger partial charge in [-0.05, 0) is 18.1 Å². The first-order chi connectivity index (χ1) is 9.88. The number of carbonyl (C=O) groups is 2. The number of para-hydroxylation sites is 1. The number of amides is 1. The van der Waals surface area contributed by atoms with Gasteiger partial charge in [0, 0.05) is 19.5 Å². The van der Waals surface area contributed by atoms with E-state index in [1.807, 2.05) is 13.8 Å². The van der Waals surface area contributed by atoms with Crippen LogP contribution in [0.3, 0.4) is 0 Å². The minimum absolute atomic E-state index is 0.0580. The number of rotatable bonds is 8. The van der Waals surface area contributed by atoms with Gasteiger partial charge in [0.15, 0.2) is 0 Å². The number of benzene rings is 1. The molecule has 1 rings (SSSR count). The molecule has 0 unspecified atom stereocenters. The lowest BCUT2D eigenvalue weighted by Crippen LogP contribution is -2.35. The zero-order chi connectivity index (χ0) is 15.8. The van der Waals surface area contributed by atoms with Crippen molar-refractivity contribution in [2.24, 2.45) is 5.92 Å². The van der Waals surface area contributed by atoms with E-state index >= 15 is 0 Å². The summed E-state index contributed by atoms with van der Waals surface area (Å²) < 4.78 is 0. The van der Waals surface area contributed by atoms with Crippen LogP contribution >= 0.6 is 11.6 Å². The van der Waals surface area contributed by atoms with Crippen LogP contribution in [-0.2, 0) is 9.59 Å². The van der Waals surface area contributed by atoms with Crippen molar-refractivity contribution < 1.29 is 14.7 Å². The molecule has 0 aliphatic carbocycles. The Balaban J connectivity index is 2.49. The number of aliphatic carboxylic acids is 1. The highest BCUT2D eigenvalue weighted by atomic mass is 35.5. The molecule has 0 bridgehead atoms. The molecule has 6 heteroatoms. The molecule has 0 saturated heterocycles. The van der Waals surface area contributed by atoms with Gasteiger partial charge < -0.3 is 10.4 Å². The zero-order valence-electron chi connectivity index (χ0n) is 12.3. The molecule has 1 amide bonds. The summed E-state index contributed by atoms with van der Waals surface area (Å²) in [7, 11) is 0. The van der Waals surface area contributed by atoms with E-state index in [4.69, 9.17) is 16.7 Å². The highest BCUT2D eigenvalue weighted by Gasteiger charge is 2.13. The molecular formula is C15H21ClN2O3. The summed E-state index contributed by atoms with van der Waals surface area (Å²) in [5.41, 5.74) is 0.567. The van der Waals surface area contributed by atoms with Crippen LogP contribution in [0.4, 0.5) is 5.69 Å². The second-order valence-electron chi connectivity index (χ2n) is 5.30. The zero-order valence-corrected chi connectivity index (χ0v) is 13.1. The number of carbonyl (C=O) groups excluding carboxylic acids is 1. The Bertz CT molecular complexity index is 492. The lowest BCUT2D eigenvalue weighted by atomic mass is 10.2. The third kappa shape index (κ3) is 7.11. The first-order valence-corrected chi connectivity index (χ1v) is 7.24. The highest BCUT2D eigenvalue weighted by Crippen LogP contribution is 2.20. The minimum Gasteiger partial charge on any atom is -0.480 e. The van der Waals surface area contributed by atoms with Crippen LogP contribution in [0.1, 0.15) is 20.3 Å². The molecule has 1 aromatic rings. The van der Waals surface area contributed by atoms with E-state index in [9.17, 15) is 9.59 Å². The van der Waals surface area contributed by atoms with E-state index < -0.39 is 5.97 Å². The molecule has 5 nitrogen and oxygen atoms in total. The van der Waals surface area contributed by atoms with Crippen molar-refractivity contribution in [2.75, 3.05) is 25.0 Å². The van der Waals surface area contributed by atoms with Crippen molar-refractivity contribution in [2.45, 2.75) is 20.3 Å². The average molecular weight is 313 g/mol. The Hall–Kier alpha value is -1.59. The Labute approximate surface area is 129 Å². The van der Waals surface area contributed by atoms with Crippen LogP contribution < -0.4 is 5.32 Å². The number of halogens is 1. The molecule has 0 aliphatic heterocycles. The lowest BCUT2D eigenvalue weighted by molar-refractivity contribution is -0.138. The van der Waals surface area contributed by atoms with Gasteiger partial charge >= 0.3 is 5.97 Å². The third-order valence-electron chi connectivity index (χ3n) is 2.79. The van der Waals surface area contributed by atoms with Crippen molar-refractivity contribution in [3.8, 4) is 0 Å². The number of hydrogen-bond acceptors (Lipinski definition) is 3. The van der Waals surface area contributed by atoms with Gasteiger partial charge in [-0.1, -0.05) is 37.6 Å². The molecule has 0 radical (unpaired) electrons. The maximum absolute atomic E-state index is 11.9. The number of anilines is 1. The number of carboxylic acids is 1. The van der Waals surface area contributed by atoms with Gasteiger partial charge in [-0.3, -0.25) is 14.5 Å². The average Bonchev–Trinajstić information content (AvgIpc) is 2.37. The lowest BCUT2D eigenvalue weighted by Gasteiger charge is -2.22. The maximum atomic E-state index is 11.9. The van der Waals surface area contributed by atoms with Gasteiger partial charge in [0.1, 0.15) is 0 Å². The van der Waals surface area contributed by atoms with Crippen molar-refractivity contribution >= 4 is 29.2 Å². The summed E-state index contributed by atoms with van der Waals surface area (Å²) in [5.74, 6) is -0.722. The Morgan fingerprint density at radius 2 is 2.00 bits per heavy atom. The fourth-order valence-electron chi connectivity index (χ4n) is 1.98. The fourth-order valence-corrected chi connectivity index (χ4v) is 2.16. The molecule has 0 heterocycles. The highest BCUT2D eigenvalue weighted by molar-refractivity contribution is 6.33. The summed E-state index contributed by atoms with van der Waals surface area (Å²) in [6, 6.07) is 7.00. The van der Waals surface area contributed by atoms with Crippen LogP contribution in [0.2, 0.25) is 5.02 Å². The van der Waals surface area contributed by atoms with Crippen LogP contribution in [0.25, 0.3) is 0 Å². The topological polar surface area (TPSA) is 69.6 Å². The number of nitrogens with one attached hydrogen (secondary N) is 1. The molecule has 2 N–H and O–H groups in total. The van der Waals surface area contributed by atoms with Gasteiger partial charge in [0.25, 0.3) is 0 Å². The Morgan fingerprint density at radius 3 is 2.57 bits per heavy atom. The first-order valence-electron chi connectivity index (χ1n) is 6.87. The molecule has 116 valence electrons. The van der Waals surface area contributed by atoms with E-state index in [-0.39, 0.29) is 18.9 Å². The molecular weight excluding hydrogens is 292 g/mol. The van der Waals surface area contributed by atoms with E-state index in [0.717, 1.165) is 0 Å². The minimum atomic E-state index is -0.887. The summed E-state index contributed by atoms with van der Waals surface area (Å²) in [6.07, 6.45) is 0.227. The molecule has 0 saturated carbocycles. The Kier molecular flexibility index (Phi) is 7.19. The molecule has 0 aromatic heterocycles. The summed E-state index contributed by atoms with van der Waals surface area (Å²) >= 11 is 5.97. The second-order valence-corrected chi connectivity index (χ2v) is 5.71. The van der Waals surface area contributed by atoms with E-state index in [1.54, 1.807) is 29.2 Å². The molecule has 21 heavy (non-hydrogen) atoms. The SMILES string of the molecule is CC(C)CN(CCC(=O)Nc1ccccc1Cl)CC(=O)O. The third-order valence-corrected chi connectivity index (χ3v) is 3.11. The van der Waals surface area contributed by atoms with E-state index in [0.29, 0.717) is 29.7 Å². The molecule has 0 aliphatic rings. The van der Waals surface area contributed by atoms with Gasteiger partial charge in [0.2, 0.25) is 5.91 Å². The predicted octanol–water partition coefficient (Wildman–Crippen LogP) is 2.71. The summed E-state index contributed by atoms with van der Waals surface area (Å²) in [4.78, 5) is 24.5. The molecule has 0 atom stereocenters. The predicted molar refractivity (Wildman–Crippen MR) is 83.6 cm³/mol. The van der Waals surface area contributed by atoms with E-state index in [1.165, 1.54) is 0 Å². The second kappa shape index (κ2) is 8.64. The van der Waals surface area contributed by atoms with Gasteiger partial charge in [0.05, 0.1) is 17.3 Å². The molecule has 1 aromatic carbocycles. The monoisotopic (exact) mass is 312 g/mol. The number of nitrogens with zero attached hydrogens (tertiary/aromatic N) is 1. The smallest absolute Gasteiger partial charge is 0.317 e. The van der Waals surface area contributed by atoms with Crippen LogP contribution in [-0.4, -0.2) is 41.5 Å². The van der Waals surface area contributed by atoms with Crippen LogP contribution in [0.15, 0.2) is 24.3 Å². The standard InChI is InChI=1S/C15H21ClN2O3/c1-11(2)9-18(10-15(20)21)8-7-14(19)17-13-6-4-3-5-12(13)16/h3-6,11H,7-10H2,1-2H3,(H,17,19)(H,20,21). The summed E-state index contributed by atoms with van der Waals surface area (Å²) in [5, 5.41) is 12.1. The quantitative estimate of drug-likeness (QED) is 0.774.